The summed E-state index contributed by atoms with van der Waals surface area (Å²) in [5.74, 6) is 0. The summed E-state index contributed by atoms with van der Waals surface area (Å²) in [4.78, 5) is 0. The number of hydrogen-bond donors (Lipinski definition) is 0. The van der Waals surface area contributed by atoms with E-state index in [0.717, 1.165) is 26.1 Å². The number of hydrogen-bond acceptors (Lipinski definition) is 8. The van der Waals surface area contributed by atoms with Gasteiger partial charge in [0.05, 0.1) is 92.5 Å². The molecule has 0 rings (SSSR count). The van der Waals surface area contributed by atoms with Gasteiger partial charge in [0.1, 0.15) is 0 Å². The van der Waals surface area contributed by atoms with Crippen LogP contribution >= 0.6 is 0 Å². The van der Waals surface area contributed by atoms with Gasteiger partial charge in [-0.3, -0.25) is 0 Å². The third kappa shape index (κ3) is 31.7. The monoisotopic (exact) mass is 494 g/mol. The molecule has 0 aromatic rings. The van der Waals surface area contributed by atoms with Crippen LogP contribution in [0, 0.1) is 0 Å². The number of unbranched alkanes of at least 4 members (excludes halogenated alkanes) is 6. The fraction of sp³-hybridized carbons (Fsp3) is 1.00. The van der Waals surface area contributed by atoms with E-state index in [-0.39, 0.29) is 0 Å². The molecule has 0 unspecified atom stereocenters. The van der Waals surface area contributed by atoms with Crippen LogP contribution in [0.4, 0.5) is 0 Å². The van der Waals surface area contributed by atoms with E-state index in [9.17, 15) is 0 Å². The largest absolute Gasteiger partial charge is 0.379 e. The Hall–Kier alpha value is -0.320. The smallest absolute Gasteiger partial charge is 0.0701 e. The Balaban J connectivity index is 2.99. The highest BCUT2D eigenvalue weighted by atomic mass is 16.6. The van der Waals surface area contributed by atoms with E-state index >= 15 is 0 Å². The first-order chi connectivity index (χ1) is 16.9. The fourth-order valence-electron chi connectivity index (χ4n) is 2.90. The molecule has 0 aromatic carbocycles. The SMILES string of the molecule is CCCCCCCOCCOCCOCCOCCOCCOCCOCCOCCCCC. The van der Waals surface area contributed by atoms with Crippen LogP contribution in [-0.4, -0.2) is 106 Å². The molecule has 8 nitrogen and oxygen atoms in total. The number of rotatable bonds is 31. The Morgan fingerprint density at radius 3 is 0.735 bits per heavy atom. The van der Waals surface area contributed by atoms with E-state index in [0.29, 0.717) is 92.5 Å². The molecule has 34 heavy (non-hydrogen) atoms. The fourth-order valence-corrected chi connectivity index (χ4v) is 2.90. The molecule has 0 saturated carbocycles. The van der Waals surface area contributed by atoms with Crippen LogP contribution in [0.15, 0.2) is 0 Å². The molecule has 0 radical (unpaired) electrons. The quantitative estimate of drug-likeness (QED) is 0.132. The van der Waals surface area contributed by atoms with Crippen LogP contribution in [0.1, 0.15) is 65.2 Å². The second-order valence-corrected chi connectivity index (χ2v) is 8.02. The molecule has 0 bridgehead atoms. The average molecular weight is 495 g/mol. The highest BCUT2D eigenvalue weighted by Crippen LogP contribution is 2.02. The molecule has 0 aromatic heterocycles. The van der Waals surface area contributed by atoms with Gasteiger partial charge in [0.25, 0.3) is 0 Å². The van der Waals surface area contributed by atoms with Gasteiger partial charge in [-0.05, 0) is 12.8 Å². The Morgan fingerprint density at radius 1 is 0.235 bits per heavy atom. The van der Waals surface area contributed by atoms with E-state index in [1.807, 2.05) is 0 Å². The van der Waals surface area contributed by atoms with Crippen molar-refractivity contribution in [2.45, 2.75) is 65.2 Å². The van der Waals surface area contributed by atoms with Gasteiger partial charge in [0.15, 0.2) is 0 Å². The summed E-state index contributed by atoms with van der Waals surface area (Å²) in [7, 11) is 0. The van der Waals surface area contributed by atoms with Crippen molar-refractivity contribution >= 4 is 0 Å². The molecular weight excluding hydrogens is 440 g/mol. The summed E-state index contributed by atoms with van der Waals surface area (Å²) in [6.07, 6.45) is 9.89. The van der Waals surface area contributed by atoms with Gasteiger partial charge in [-0.25, -0.2) is 0 Å². The highest BCUT2D eigenvalue weighted by molar-refractivity contribution is 4.42. The molecule has 0 fully saturated rings. The zero-order valence-corrected chi connectivity index (χ0v) is 22.2. The second kappa shape index (κ2) is 32.7. The topological polar surface area (TPSA) is 73.8 Å². The van der Waals surface area contributed by atoms with Crippen molar-refractivity contribution in [2.24, 2.45) is 0 Å². The number of ether oxygens (including phenoxy) is 8. The first kappa shape index (κ1) is 33.7. The standard InChI is InChI=1S/C26H54O8/c1-3-5-7-8-10-12-28-14-16-30-18-20-32-22-24-34-26-25-33-23-21-31-19-17-29-15-13-27-11-9-6-4-2/h3-26H2,1-2H3. The molecule has 0 heterocycles. The van der Waals surface area contributed by atoms with Crippen molar-refractivity contribution in [3.05, 3.63) is 0 Å². The summed E-state index contributed by atoms with van der Waals surface area (Å²) in [6, 6.07) is 0. The molecule has 0 saturated heterocycles. The Bertz CT molecular complexity index is 315. The zero-order valence-electron chi connectivity index (χ0n) is 22.2. The summed E-state index contributed by atoms with van der Waals surface area (Å²) in [5, 5.41) is 0. The minimum Gasteiger partial charge on any atom is -0.379 e. The molecule has 0 spiro atoms. The van der Waals surface area contributed by atoms with Crippen LogP contribution in [0.25, 0.3) is 0 Å². The van der Waals surface area contributed by atoms with Gasteiger partial charge in [-0.1, -0.05) is 52.4 Å². The molecule has 0 atom stereocenters. The minimum absolute atomic E-state index is 0.553. The highest BCUT2D eigenvalue weighted by Gasteiger charge is 1.95. The maximum atomic E-state index is 5.55. The van der Waals surface area contributed by atoms with E-state index in [1.54, 1.807) is 0 Å². The van der Waals surface area contributed by atoms with Gasteiger partial charge in [-0.15, -0.1) is 0 Å². The third-order valence-electron chi connectivity index (χ3n) is 4.89. The molecular formula is C26H54O8. The zero-order chi connectivity index (χ0) is 24.6. The molecule has 0 N–H and O–H groups in total. The first-order valence-electron chi connectivity index (χ1n) is 13.5. The predicted octanol–water partition coefficient (Wildman–Crippen LogP) is 4.28. The van der Waals surface area contributed by atoms with E-state index in [2.05, 4.69) is 13.8 Å². The van der Waals surface area contributed by atoms with E-state index < -0.39 is 0 Å². The van der Waals surface area contributed by atoms with Crippen molar-refractivity contribution in [1.82, 2.24) is 0 Å². The first-order valence-corrected chi connectivity index (χ1v) is 13.5. The lowest BCUT2D eigenvalue weighted by Gasteiger charge is -2.08. The normalized spacial score (nSPS) is 11.5. The molecule has 0 aliphatic carbocycles. The summed E-state index contributed by atoms with van der Waals surface area (Å²) in [5.41, 5.74) is 0. The molecule has 0 aliphatic heterocycles. The van der Waals surface area contributed by atoms with Crippen LogP contribution in [0.5, 0.6) is 0 Å². The van der Waals surface area contributed by atoms with Crippen LogP contribution in [0.3, 0.4) is 0 Å². The van der Waals surface area contributed by atoms with Crippen molar-refractivity contribution in [2.75, 3.05) is 106 Å². The van der Waals surface area contributed by atoms with Gasteiger partial charge in [-0.2, -0.15) is 0 Å². The van der Waals surface area contributed by atoms with Gasteiger partial charge in [0.2, 0.25) is 0 Å². The van der Waals surface area contributed by atoms with E-state index in [4.69, 9.17) is 37.9 Å². The molecule has 0 aliphatic rings. The second-order valence-electron chi connectivity index (χ2n) is 8.02. The lowest BCUT2D eigenvalue weighted by atomic mass is 10.2. The maximum Gasteiger partial charge on any atom is 0.0701 e. The summed E-state index contributed by atoms with van der Waals surface area (Å²) < 4.78 is 43.8. The van der Waals surface area contributed by atoms with Gasteiger partial charge >= 0.3 is 0 Å². The predicted molar refractivity (Wildman–Crippen MR) is 135 cm³/mol. The van der Waals surface area contributed by atoms with Crippen molar-refractivity contribution in [3.8, 4) is 0 Å². The van der Waals surface area contributed by atoms with Crippen LogP contribution in [0.2, 0.25) is 0 Å². The maximum absolute atomic E-state index is 5.55. The molecule has 206 valence electrons. The molecule has 8 heteroatoms. The Kier molecular flexibility index (Phi) is 32.4. The Morgan fingerprint density at radius 2 is 0.441 bits per heavy atom. The Labute approximate surface area is 209 Å². The lowest BCUT2D eigenvalue weighted by Crippen LogP contribution is -2.15. The van der Waals surface area contributed by atoms with Crippen LogP contribution < -0.4 is 0 Å². The van der Waals surface area contributed by atoms with Crippen molar-refractivity contribution < 1.29 is 37.9 Å². The summed E-state index contributed by atoms with van der Waals surface area (Å²) >= 11 is 0. The average Bonchev–Trinajstić information content (AvgIpc) is 2.85. The van der Waals surface area contributed by atoms with Crippen LogP contribution in [-0.2, 0) is 37.9 Å². The van der Waals surface area contributed by atoms with Crippen molar-refractivity contribution in [3.63, 3.8) is 0 Å². The lowest BCUT2D eigenvalue weighted by molar-refractivity contribution is -0.0232. The van der Waals surface area contributed by atoms with Crippen molar-refractivity contribution in [1.29, 1.82) is 0 Å². The summed E-state index contributed by atoms with van der Waals surface area (Å²) in [6.45, 7) is 14.3. The third-order valence-corrected chi connectivity index (χ3v) is 4.89. The van der Waals surface area contributed by atoms with Gasteiger partial charge < -0.3 is 37.9 Å². The molecule has 0 amide bonds. The van der Waals surface area contributed by atoms with E-state index in [1.165, 1.54) is 38.5 Å². The van der Waals surface area contributed by atoms with Gasteiger partial charge in [0, 0.05) is 13.2 Å². The minimum atomic E-state index is 0.553.